The Balaban J connectivity index is 2.00. The molecular weight excluding hydrogens is 232 g/mol. The van der Waals surface area contributed by atoms with Gasteiger partial charge >= 0.3 is 0 Å². The van der Waals surface area contributed by atoms with Crippen LogP contribution in [-0.2, 0) is 0 Å². The zero-order valence-electron chi connectivity index (χ0n) is 13.4. The average molecular weight is 268 g/mol. The molecule has 0 aromatic heterocycles. The summed E-state index contributed by atoms with van der Waals surface area (Å²) < 4.78 is 0. The molecule has 1 aliphatic heterocycles. The third-order valence-electron chi connectivity index (χ3n) is 4.45. The van der Waals surface area contributed by atoms with E-state index in [9.17, 15) is 0 Å². The fourth-order valence-electron chi connectivity index (χ4n) is 3.21. The van der Waals surface area contributed by atoms with Gasteiger partial charge in [0.2, 0.25) is 0 Å². The van der Waals surface area contributed by atoms with Crippen LogP contribution in [0.25, 0.3) is 0 Å². The van der Waals surface area contributed by atoms with E-state index in [1.165, 1.54) is 90.4 Å². The summed E-state index contributed by atoms with van der Waals surface area (Å²) in [5, 5.41) is 3.49. The summed E-state index contributed by atoms with van der Waals surface area (Å²) in [6, 6.07) is 0.883. The topological polar surface area (TPSA) is 15.3 Å². The number of likely N-dealkylation sites (tertiary alicyclic amines) is 1. The molecule has 1 saturated heterocycles. The number of unbranched alkanes of at least 4 members (excludes halogenated alkanes) is 3. The first kappa shape index (κ1) is 17.0. The number of rotatable bonds is 10. The molecule has 0 saturated carbocycles. The third kappa shape index (κ3) is 7.94. The van der Waals surface area contributed by atoms with Crippen molar-refractivity contribution in [3.8, 4) is 0 Å². The van der Waals surface area contributed by atoms with Crippen LogP contribution >= 0.6 is 0 Å². The quantitative estimate of drug-likeness (QED) is 0.597. The van der Waals surface area contributed by atoms with Crippen LogP contribution in [0.1, 0.15) is 78.1 Å². The van der Waals surface area contributed by atoms with Crippen molar-refractivity contribution in [2.24, 2.45) is 0 Å². The van der Waals surface area contributed by atoms with E-state index in [0.29, 0.717) is 0 Å². The van der Waals surface area contributed by atoms with Crippen LogP contribution in [0.4, 0.5) is 0 Å². The van der Waals surface area contributed by atoms with E-state index in [4.69, 9.17) is 0 Å². The van der Waals surface area contributed by atoms with E-state index in [1.54, 1.807) is 0 Å². The minimum absolute atomic E-state index is 0.883. The molecular formula is C17H36N2. The summed E-state index contributed by atoms with van der Waals surface area (Å²) in [6.45, 7) is 9.71. The second-order valence-corrected chi connectivity index (χ2v) is 6.11. The number of hydrogen-bond donors (Lipinski definition) is 1. The molecule has 0 aliphatic carbocycles. The van der Waals surface area contributed by atoms with Crippen molar-refractivity contribution in [2.75, 3.05) is 26.2 Å². The SMILES string of the molecule is CCCNCCCCCCN1CCCCCC1CC. The summed E-state index contributed by atoms with van der Waals surface area (Å²) in [6.07, 6.45) is 14.0. The smallest absolute Gasteiger partial charge is 0.00926 e. The summed E-state index contributed by atoms with van der Waals surface area (Å²) in [5.41, 5.74) is 0. The van der Waals surface area contributed by atoms with Crippen molar-refractivity contribution in [1.29, 1.82) is 0 Å². The van der Waals surface area contributed by atoms with Gasteiger partial charge in [-0.05, 0) is 64.7 Å². The zero-order chi connectivity index (χ0) is 13.8. The zero-order valence-corrected chi connectivity index (χ0v) is 13.4. The highest BCUT2D eigenvalue weighted by molar-refractivity contribution is 4.74. The largest absolute Gasteiger partial charge is 0.317 e. The first-order valence-electron chi connectivity index (χ1n) is 8.83. The molecule has 19 heavy (non-hydrogen) atoms. The first-order valence-corrected chi connectivity index (χ1v) is 8.83. The van der Waals surface area contributed by atoms with Gasteiger partial charge in [0.25, 0.3) is 0 Å². The molecule has 2 heteroatoms. The van der Waals surface area contributed by atoms with Crippen LogP contribution in [-0.4, -0.2) is 37.1 Å². The van der Waals surface area contributed by atoms with Gasteiger partial charge in [-0.2, -0.15) is 0 Å². The van der Waals surface area contributed by atoms with Gasteiger partial charge in [-0.25, -0.2) is 0 Å². The third-order valence-corrected chi connectivity index (χ3v) is 4.45. The standard InChI is InChI=1S/C17H36N2/c1-3-13-18-14-9-5-6-10-15-19-16-11-7-8-12-17(19)4-2/h17-18H,3-16H2,1-2H3. The normalized spacial score (nSPS) is 21.5. The van der Waals surface area contributed by atoms with Gasteiger partial charge in [-0.15, -0.1) is 0 Å². The summed E-state index contributed by atoms with van der Waals surface area (Å²) >= 11 is 0. The Labute approximate surface area is 121 Å². The fourth-order valence-corrected chi connectivity index (χ4v) is 3.21. The molecule has 1 N–H and O–H groups in total. The highest BCUT2D eigenvalue weighted by Crippen LogP contribution is 2.19. The second kappa shape index (κ2) is 11.7. The molecule has 0 aromatic rings. The van der Waals surface area contributed by atoms with Gasteiger partial charge in [0.05, 0.1) is 0 Å². The van der Waals surface area contributed by atoms with Crippen molar-refractivity contribution in [3.63, 3.8) is 0 Å². The molecule has 0 spiro atoms. The van der Waals surface area contributed by atoms with E-state index < -0.39 is 0 Å². The Morgan fingerprint density at radius 3 is 2.58 bits per heavy atom. The Morgan fingerprint density at radius 2 is 1.79 bits per heavy atom. The fraction of sp³-hybridized carbons (Fsp3) is 1.00. The predicted molar refractivity (Wildman–Crippen MR) is 85.7 cm³/mol. The average Bonchev–Trinajstić information content (AvgIpc) is 2.66. The first-order chi connectivity index (χ1) is 9.38. The van der Waals surface area contributed by atoms with Gasteiger partial charge in [0, 0.05) is 6.04 Å². The van der Waals surface area contributed by atoms with Gasteiger partial charge in [0.1, 0.15) is 0 Å². The Kier molecular flexibility index (Phi) is 10.5. The molecule has 1 unspecified atom stereocenters. The summed E-state index contributed by atoms with van der Waals surface area (Å²) in [4.78, 5) is 2.78. The minimum atomic E-state index is 0.883. The molecule has 1 atom stereocenters. The van der Waals surface area contributed by atoms with Crippen molar-refractivity contribution >= 4 is 0 Å². The van der Waals surface area contributed by atoms with E-state index in [2.05, 4.69) is 24.1 Å². The van der Waals surface area contributed by atoms with Crippen molar-refractivity contribution in [3.05, 3.63) is 0 Å². The molecule has 0 radical (unpaired) electrons. The molecule has 0 bridgehead atoms. The number of nitrogens with zero attached hydrogens (tertiary/aromatic N) is 1. The van der Waals surface area contributed by atoms with E-state index in [0.717, 1.165) is 6.04 Å². The lowest BCUT2D eigenvalue weighted by Crippen LogP contribution is -2.35. The van der Waals surface area contributed by atoms with E-state index in [1.807, 2.05) is 0 Å². The van der Waals surface area contributed by atoms with E-state index in [-0.39, 0.29) is 0 Å². The Bertz CT molecular complexity index is 194. The maximum atomic E-state index is 3.49. The highest BCUT2D eigenvalue weighted by Gasteiger charge is 2.18. The van der Waals surface area contributed by atoms with Gasteiger partial charge in [-0.3, -0.25) is 0 Å². The number of hydrogen-bond acceptors (Lipinski definition) is 2. The summed E-state index contributed by atoms with van der Waals surface area (Å²) in [7, 11) is 0. The molecule has 1 fully saturated rings. The van der Waals surface area contributed by atoms with Crippen LogP contribution in [0.5, 0.6) is 0 Å². The maximum absolute atomic E-state index is 3.49. The molecule has 114 valence electrons. The van der Waals surface area contributed by atoms with Crippen molar-refractivity contribution in [2.45, 2.75) is 84.1 Å². The monoisotopic (exact) mass is 268 g/mol. The van der Waals surface area contributed by atoms with Crippen LogP contribution in [0.2, 0.25) is 0 Å². The molecule has 1 aliphatic rings. The van der Waals surface area contributed by atoms with Gasteiger partial charge in [-0.1, -0.05) is 39.5 Å². The van der Waals surface area contributed by atoms with Gasteiger partial charge < -0.3 is 10.2 Å². The van der Waals surface area contributed by atoms with Crippen molar-refractivity contribution in [1.82, 2.24) is 10.2 Å². The Hall–Kier alpha value is -0.0800. The molecule has 2 nitrogen and oxygen atoms in total. The lowest BCUT2D eigenvalue weighted by molar-refractivity contribution is 0.190. The van der Waals surface area contributed by atoms with E-state index >= 15 is 0 Å². The van der Waals surface area contributed by atoms with Crippen LogP contribution in [0.15, 0.2) is 0 Å². The lowest BCUT2D eigenvalue weighted by Gasteiger charge is -2.29. The van der Waals surface area contributed by atoms with Crippen molar-refractivity contribution < 1.29 is 0 Å². The number of nitrogens with one attached hydrogen (secondary N) is 1. The van der Waals surface area contributed by atoms with Crippen LogP contribution in [0, 0.1) is 0 Å². The van der Waals surface area contributed by atoms with Gasteiger partial charge in [0.15, 0.2) is 0 Å². The predicted octanol–water partition coefficient (Wildman–Crippen LogP) is 4.20. The maximum Gasteiger partial charge on any atom is 0.00926 e. The minimum Gasteiger partial charge on any atom is -0.317 e. The molecule has 1 heterocycles. The molecule has 0 amide bonds. The Morgan fingerprint density at radius 1 is 0.947 bits per heavy atom. The molecule has 0 aromatic carbocycles. The second-order valence-electron chi connectivity index (χ2n) is 6.11. The van der Waals surface area contributed by atoms with Crippen LogP contribution < -0.4 is 5.32 Å². The lowest BCUT2D eigenvalue weighted by atomic mass is 10.1. The summed E-state index contributed by atoms with van der Waals surface area (Å²) in [5.74, 6) is 0. The van der Waals surface area contributed by atoms with Crippen LogP contribution in [0.3, 0.4) is 0 Å². The molecule has 1 rings (SSSR count). The highest BCUT2D eigenvalue weighted by atomic mass is 15.1.